The number of primary amides is 1. The molecule has 3 amide bonds. The molecule has 3 N–H and O–H groups in total. The number of nitrogens with one attached hydrogen (secondary N) is 1. The molecule has 2 atom stereocenters. The Morgan fingerprint density at radius 2 is 1.79 bits per heavy atom. The van der Waals surface area contributed by atoms with Gasteiger partial charge in [-0.25, -0.2) is 4.99 Å². The Morgan fingerprint density at radius 3 is 2.50 bits per heavy atom. The first-order valence-corrected chi connectivity index (χ1v) is 15.0. The highest BCUT2D eigenvalue weighted by Gasteiger charge is 2.29. The third-order valence-corrected chi connectivity index (χ3v) is 9.03. The topological polar surface area (TPSA) is 123 Å². The highest BCUT2D eigenvalue weighted by Crippen LogP contribution is 2.35. The quantitative estimate of drug-likeness (QED) is 0.414. The summed E-state index contributed by atoms with van der Waals surface area (Å²) in [5.41, 5.74) is 11.7. The van der Waals surface area contributed by atoms with E-state index >= 15 is 0 Å². The van der Waals surface area contributed by atoms with Crippen LogP contribution in [-0.4, -0.2) is 57.2 Å². The van der Waals surface area contributed by atoms with Gasteiger partial charge in [-0.15, -0.1) is 0 Å². The number of rotatable bonds is 8. The fourth-order valence-corrected chi connectivity index (χ4v) is 6.76. The number of amides is 3. The van der Waals surface area contributed by atoms with Crippen LogP contribution in [0.4, 0.5) is 0 Å². The van der Waals surface area contributed by atoms with Crippen molar-refractivity contribution in [3.8, 4) is 11.1 Å². The lowest BCUT2D eigenvalue weighted by atomic mass is 9.95. The van der Waals surface area contributed by atoms with E-state index < -0.39 is 5.92 Å². The van der Waals surface area contributed by atoms with Crippen LogP contribution in [0.25, 0.3) is 22.0 Å². The van der Waals surface area contributed by atoms with E-state index in [9.17, 15) is 14.4 Å². The molecule has 42 heavy (non-hydrogen) atoms. The van der Waals surface area contributed by atoms with Gasteiger partial charge in [0, 0.05) is 24.2 Å². The summed E-state index contributed by atoms with van der Waals surface area (Å²) >= 11 is 0. The van der Waals surface area contributed by atoms with Gasteiger partial charge in [0.15, 0.2) is 0 Å². The van der Waals surface area contributed by atoms with Crippen molar-refractivity contribution in [1.29, 1.82) is 0 Å². The smallest absolute Gasteiger partial charge is 0.254 e. The summed E-state index contributed by atoms with van der Waals surface area (Å²) < 4.78 is 2.09. The van der Waals surface area contributed by atoms with Crippen molar-refractivity contribution >= 4 is 34.3 Å². The number of fused-ring (bicyclic) bond motifs is 1. The molecule has 2 aliphatic heterocycles. The van der Waals surface area contributed by atoms with Crippen molar-refractivity contribution in [3.63, 3.8) is 0 Å². The first kappa shape index (κ1) is 28.0. The summed E-state index contributed by atoms with van der Waals surface area (Å²) in [6.07, 6.45) is 9.99. The number of allylic oxidation sites excluding steroid dienone is 1. The van der Waals surface area contributed by atoms with Crippen LogP contribution in [0, 0.1) is 5.92 Å². The number of carbonyl (C=O) groups is 3. The molecule has 1 saturated heterocycles. The third kappa shape index (κ3) is 5.53. The van der Waals surface area contributed by atoms with Crippen molar-refractivity contribution in [2.75, 3.05) is 13.1 Å². The molecule has 1 unspecified atom stereocenters. The summed E-state index contributed by atoms with van der Waals surface area (Å²) in [5, 5.41) is 8.56. The highest BCUT2D eigenvalue weighted by molar-refractivity contribution is 6.09. The van der Waals surface area contributed by atoms with Crippen molar-refractivity contribution < 1.29 is 14.4 Å². The zero-order valence-corrected chi connectivity index (χ0v) is 24.3. The minimum Gasteiger partial charge on any atom is -0.368 e. The maximum atomic E-state index is 13.7. The minimum absolute atomic E-state index is 0.191. The van der Waals surface area contributed by atoms with Gasteiger partial charge in [-0.05, 0) is 81.0 Å². The molecule has 0 radical (unpaired) electrons. The first-order chi connectivity index (χ1) is 20.3. The number of carbonyl (C=O) groups excluding carboxylic acids is 3. The second-order valence-electron chi connectivity index (χ2n) is 12.0. The number of dihydropyridines is 1. The van der Waals surface area contributed by atoms with Crippen LogP contribution in [0.5, 0.6) is 0 Å². The molecule has 2 fully saturated rings. The first-order valence-electron chi connectivity index (χ1n) is 15.0. The lowest BCUT2D eigenvalue weighted by molar-refractivity contribution is -0.122. The third-order valence-electron chi connectivity index (χ3n) is 9.03. The van der Waals surface area contributed by atoms with E-state index in [0.717, 1.165) is 65.4 Å². The second kappa shape index (κ2) is 11.6. The second-order valence-corrected chi connectivity index (χ2v) is 12.0. The lowest BCUT2D eigenvalue weighted by Crippen LogP contribution is -2.39. The zero-order valence-electron chi connectivity index (χ0n) is 24.3. The molecular weight excluding hydrogens is 528 g/mol. The van der Waals surface area contributed by atoms with Gasteiger partial charge in [-0.2, -0.15) is 5.10 Å². The van der Waals surface area contributed by atoms with E-state index in [1.165, 1.54) is 12.8 Å². The van der Waals surface area contributed by atoms with Crippen LogP contribution in [0.1, 0.15) is 74.3 Å². The van der Waals surface area contributed by atoms with Crippen molar-refractivity contribution in [2.24, 2.45) is 16.6 Å². The number of hydrogen-bond donors (Lipinski definition) is 2. The summed E-state index contributed by atoms with van der Waals surface area (Å²) in [6, 6.07) is 12.5. The summed E-state index contributed by atoms with van der Waals surface area (Å²) in [6.45, 7) is 5.43. The van der Waals surface area contributed by atoms with Gasteiger partial charge in [0.05, 0.1) is 35.3 Å². The Hall–Kier alpha value is -4.11. The van der Waals surface area contributed by atoms with Gasteiger partial charge in [0.2, 0.25) is 5.91 Å². The van der Waals surface area contributed by atoms with Crippen LogP contribution in [0.3, 0.4) is 0 Å². The molecule has 0 spiro atoms. The lowest BCUT2D eigenvalue weighted by Gasteiger charge is -2.22. The average molecular weight is 567 g/mol. The molecule has 2 aromatic carbocycles. The summed E-state index contributed by atoms with van der Waals surface area (Å²) in [7, 11) is 0. The minimum atomic E-state index is -0.463. The van der Waals surface area contributed by atoms with Gasteiger partial charge in [-0.1, -0.05) is 42.7 Å². The largest absolute Gasteiger partial charge is 0.368 e. The van der Waals surface area contributed by atoms with Gasteiger partial charge in [0.25, 0.3) is 11.8 Å². The van der Waals surface area contributed by atoms with Crippen LogP contribution >= 0.6 is 0 Å². The van der Waals surface area contributed by atoms with Crippen molar-refractivity contribution in [1.82, 2.24) is 20.0 Å². The highest BCUT2D eigenvalue weighted by atomic mass is 16.2. The van der Waals surface area contributed by atoms with Crippen molar-refractivity contribution in [2.45, 2.75) is 71.0 Å². The molecule has 1 aliphatic carbocycles. The predicted molar refractivity (Wildman–Crippen MR) is 163 cm³/mol. The molecule has 3 aliphatic rings. The van der Waals surface area contributed by atoms with Gasteiger partial charge >= 0.3 is 0 Å². The molecule has 9 nitrogen and oxygen atoms in total. The molecule has 6 rings (SSSR count). The fraction of sp³-hybridized carbons (Fsp3) is 0.424. The predicted octanol–water partition coefficient (Wildman–Crippen LogP) is 4.56. The van der Waals surface area contributed by atoms with E-state index in [4.69, 9.17) is 10.8 Å². The number of likely N-dealkylation sites (tertiary alicyclic amines) is 1. The molecule has 3 heterocycles. The Kier molecular flexibility index (Phi) is 7.77. The van der Waals surface area contributed by atoms with Crippen LogP contribution in [-0.2, 0) is 16.1 Å². The van der Waals surface area contributed by atoms with E-state index in [1.54, 1.807) is 13.1 Å². The maximum Gasteiger partial charge on any atom is 0.254 e. The molecule has 1 saturated carbocycles. The normalized spacial score (nSPS) is 21.5. The number of nitrogens with zero attached hydrogens (tertiary/aromatic N) is 4. The average Bonchev–Trinajstić information content (AvgIpc) is 3.73. The number of hydrogen-bond acceptors (Lipinski definition) is 5. The molecule has 3 aromatic rings. The van der Waals surface area contributed by atoms with Gasteiger partial charge in [0.1, 0.15) is 0 Å². The molecule has 218 valence electrons. The number of nitrogens with two attached hydrogens (primary N) is 1. The van der Waals surface area contributed by atoms with Crippen LogP contribution < -0.4 is 11.1 Å². The summed E-state index contributed by atoms with van der Waals surface area (Å²) in [4.78, 5) is 44.3. The maximum absolute atomic E-state index is 13.7. The molecule has 0 bridgehead atoms. The van der Waals surface area contributed by atoms with E-state index in [2.05, 4.69) is 50.2 Å². The van der Waals surface area contributed by atoms with Gasteiger partial charge in [-0.3, -0.25) is 24.0 Å². The Morgan fingerprint density at radius 1 is 1.02 bits per heavy atom. The zero-order chi connectivity index (χ0) is 29.4. The van der Waals surface area contributed by atoms with E-state index in [0.29, 0.717) is 23.9 Å². The SMILES string of the molecule is CC1=CC(C)=NC(=O)C1CNC(=O)c1cc(-c2ccc(CN3CCC[C@@H]3C(N)=O)cc2)cc2c1cnn2C1CCCC1. The Bertz CT molecular complexity index is 1600. The number of aliphatic imine (C=N–C) groups is 1. The molecule has 9 heteroatoms. The van der Waals surface area contributed by atoms with E-state index in [1.807, 2.05) is 19.1 Å². The van der Waals surface area contributed by atoms with Gasteiger partial charge < -0.3 is 11.1 Å². The molecule has 1 aromatic heterocycles. The summed E-state index contributed by atoms with van der Waals surface area (Å²) in [5.74, 6) is -1.18. The number of benzene rings is 2. The van der Waals surface area contributed by atoms with Crippen LogP contribution in [0.2, 0.25) is 0 Å². The van der Waals surface area contributed by atoms with Crippen LogP contribution in [0.15, 0.2) is 59.2 Å². The Balaban J connectivity index is 1.29. The Labute approximate surface area is 245 Å². The fourth-order valence-electron chi connectivity index (χ4n) is 6.76. The number of aromatic nitrogens is 2. The van der Waals surface area contributed by atoms with E-state index in [-0.39, 0.29) is 30.3 Å². The molecular formula is C33H38N6O3. The van der Waals surface area contributed by atoms with Crippen molar-refractivity contribution in [3.05, 3.63) is 65.4 Å². The monoisotopic (exact) mass is 566 g/mol. The standard InChI is InChI=1S/C33H38N6O3/c1-20-14-21(2)37-33(42)27(20)17-35-32(41)26-15-24(16-30-28(26)18-36-39(30)25-6-3-4-7-25)23-11-9-22(10-12-23)19-38-13-5-8-29(38)31(34)40/h9-12,14-16,18,25,27,29H,3-8,13,17,19H2,1-2H3,(H2,34,40)(H,35,41)/t27?,29-/m1/s1.